The SMILES string of the molecule is COc1cccc(NC(=O)[C@@H]2CC(=O)Nc3nc(SCc4ccccc4)[nH]c(=O)c32)c1. The monoisotopic (exact) mass is 436 g/mol. The number of hydrogen-bond acceptors (Lipinski definition) is 6. The third kappa shape index (κ3) is 4.77. The number of amides is 2. The highest BCUT2D eigenvalue weighted by atomic mass is 32.2. The van der Waals surface area contributed by atoms with E-state index in [2.05, 4.69) is 20.6 Å². The summed E-state index contributed by atoms with van der Waals surface area (Å²) >= 11 is 1.35. The molecule has 0 unspecified atom stereocenters. The number of anilines is 2. The summed E-state index contributed by atoms with van der Waals surface area (Å²) in [5, 5.41) is 5.75. The molecule has 0 spiro atoms. The summed E-state index contributed by atoms with van der Waals surface area (Å²) in [5.41, 5.74) is 1.30. The predicted octanol–water partition coefficient (Wildman–Crippen LogP) is 3.14. The highest BCUT2D eigenvalue weighted by Crippen LogP contribution is 2.31. The molecule has 1 aromatic heterocycles. The highest BCUT2D eigenvalue weighted by molar-refractivity contribution is 7.98. The molecule has 1 aliphatic rings. The van der Waals surface area contributed by atoms with Gasteiger partial charge in [-0.1, -0.05) is 48.2 Å². The number of benzene rings is 2. The van der Waals surface area contributed by atoms with Crippen LogP contribution in [0.15, 0.2) is 64.5 Å². The first-order valence-electron chi connectivity index (χ1n) is 9.59. The molecule has 0 fully saturated rings. The van der Waals surface area contributed by atoms with Crippen LogP contribution in [0.2, 0.25) is 0 Å². The number of carbonyl (C=O) groups is 2. The lowest BCUT2D eigenvalue weighted by molar-refractivity contribution is -0.123. The smallest absolute Gasteiger partial charge is 0.257 e. The van der Waals surface area contributed by atoms with Gasteiger partial charge in [-0.15, -0.1) is 0 Å². The van der Waals surface area contributed by atoms with Gasteiger partial charge in [-0.2, -0.15) is 0 Å². The van der Waals surface area contributed by atoms with Gasteiger partial charge in [0.15, 0.2) is 5.16 Å². The van der Waals surface area contributed by atoms with Gasteiger partial charge in [-0.05, 0) is 17.7 Å². The molecule has 31 heavy (non-hydrogen) atoms. The maximum absolute atomic E-state index is 12.9. The first-order valence-corrected chi connectivity index (χ1v) is 10.6. The van der Waals surface area contributed by atoms with Gasteiger partial charge in [0.25, 0.3) is 5.56 Å². The van der Waals surface area contributed by atoms with E-state index >= 15 is 0 Å². The zero-order valence-corrected chi connectivity index (χ0v) is 17.5. The van der Waals surface area contributed by atoms with Gasteiger partial charge in [0.2, 0.25) is 11.8 Å². The van der Waals surface area contributed by atoms with E-state index in [-0.39, 0.29) is 23.7 Å². The number of methoxy groups -OCH3 is 1. The molecule has 2 amide bonds. The molecule has 0 aliphatic carbocycles. The Balaban J connectivity index is 1.57. The summed E-state index contributed by atoms with van der Waals surface area (Å²) in [5.74, 6) is -0.451. The second-order valence-electron chi connectivity index (χ2n) is 6.93. The van der Waals surface area contributed by atoms with Crippen molar-refractivity contribution < 1.29 is 14.3 Å². The van der Waals surface area contributed by atoms with E-state index in [4.69, 9.17) is 4.74 Å². The fourth-order valence-corrected chi connectivity index (χ4v) is 4.12. The molecule has 3 aromatic rings. The van der Waals surface area contributed by atoms with Crippen LogP contribution in [0, 0.1) is 0 Å². The van der Waals surface area contributed by atoms with Gasteiger partial charge in [0.05, 0.1) is 18.6 Å². The number of fused-ring (bicyclic) bond motifs is 1. The number of aromatic nitrogens is 2. The van der Waals surface area contributed by atoms with Gasteiger partial charge < -0.3 is 20.4 Å². The molecule has 1 aliphatic heterocycles. The number of thioether (sulfide) groups is 1. The zero-order valence-electron chi connectivity index (χ0n) is 16.7. The van der Waals surface area contributed by atoms with Gasteiger partial charge in [-0.25, -0.2) is 4.98 Å². The molecule has 2 heterocycles. The van der Waals surface area contributed by atoms with E-state index in [1.165, 1.54) is 18.9 Å². The number of nitrogens with zero attached hydrogens (tertiary/aromatic N) is 1. The van der Waals surface area contributed by atoms with E-state index in [9.17, 15) is 14.4 Å². The predicted molar refractivity (Wildman–Crippen MR) is 118 cm³/mol. The molecular weight excluding hydrogens is 416 g/mol. The number of carbonyl (C=O) groups excluding carboxylic acids is 2. The summed E-state index contributed by atoms with van der Waals surface area (Å²) in [6, 6.07) is 16.6. The number of nitrogens with one attached hydrogen (secondary N) is 3. The van der Waals surface area contributed by atoms with Crippen LogP contribution in [-0.2, 0) is 15.3 Å². The third-order valence-corrected chi connectivity index (χ3v) is 5.75. The largest absolute Gasteiger partial charge is 0.497 e. The highest BCUT2D eigenvalue weighted by Gasteiger charge is 2.34. The maximum atomic E-state index is 12.9. The second kappa shape index (κ2) is 9.05. The molecule has 0 radical (unpaired) electrons. The Labute approximate surface area is 182 Å². The van der Waals surface area contributed by atoms with Crippen LogP contribution in [0.1, 0.15) is 23.5 Å². The fraction of sp³-hybridized carbons (Fsp3) is 0.182. The van der Waals surface area contributed by atoms with Crippen molar-refractivity contribution in [2.45, 2.75) is 23.2 Å². The van der Waals surface area contributed by atoms with Crippen LogP contribution in [0.3, 0.4) is 0 Å². The Morgan fingerprint density at radius 1 is 1.19 bits per heavy atom. The van der Waals surface area contributed by atoms with Crippen LogP contribution < -0.4 is 20.9 Å². The molecule has 0 saturated heterocycles. The lowest BCUT2D eigenvalue weighted by Crippen LogP contribution is -2.36. The van der Waals surface area contributed by atoms with Crippen molar-refractivity contribution in [3.8, 4) is 5.75 Å². The molecule has 1 atom stereocenters. The second-order valence-corrected chi connectivity index (χ2v) is 7.90. The molecule has 9 heteroatoms. The standard InChI is InChI=1S/C22H20N4O4S/c1-30-15-9-5-8-14(10-15)23-20(28)16-11-17(27)24-19-18(16)21(29)26-22(25-19)31-12-13-6-3-2-4-7-13/h2-10,16H,11-12H2,1H3,(H,23,28)(H2,24,25,26,27,29)/t16-/m1/s1. The normalized spacial score (nSPS) is 15.0. The molecular formula is C22H20N4O4S. The Hall–Kier alpha value is -3.59. The van der Waals surface area contributed by atoms with Crippen LogP contribution in [0.4, 0.5) is 11.5 Å². The lowest BCUT2D eigenvalue weighted by atomic mass is 9.92. The fourth-order valence-electron chi connectivity index (χ4n) is 3.30. The van der Waals surface area contributed by atoms with Crippen molar-refractivity contribution in [3.63, 3.8) is 0 Å². The quantitative estimate of drug-likeness (QED) is 0.404. The summed E-state index contributed by atoms with van der Waals surface area (Å²) < 4.78 is 5.16. The minimum atomic E-state index is -0.945. The first-order chi connectivity index (χ1) is 15.0. The number of rotatable bonds is 6. The average molecular weight is 436 g/mol. The first kappa shape index (κ1) is 20.7. The van der Waals surface area contributed by atoms with E-state index in [1.807, 2.05) is 30.3 Å². The average Bonchev–Trinajstić information content (AvgIpc) is 2.77. The van der Waals surface area contributed by atoms with Crippen LogP contribution in [0.25, 0.3) is 0 Å². The Morgan fingerprint density at radius 2 is 2.00 bits per heavy atom. The van der Waals surface area contributed by atoms with Crippen molar-refractivity contribution in [1.82, 2.24) is 9.97 Å². The lowest BCUT2D eigenvalue weighted by Gasteiger charge is -2.23. The third-order valence-electron chi connectivity index (χ3n) is 4.80. The maximum Gasteiger partial charge on any atom is 0.257 e. The molecule has 0 bridgehead atoms. The number of hydrogen-bond donors (Lipinski definition) is 3. The number of H-pyrrole nitrogens is 1. The molecule has 3 N–H and O–H groups in total. The van der Waals surface area contributed by atoms with Gasteiger partial charge in [-0.3, -0.25) is 14.4 Å². The van der Waals surface area contributed by atoms with Crippen LogP contribution in [0.5, 0.6) is 5.75 Å². The molecule has 4 rings (SSSR count). The number of aromatic amines is 1. The minimum Gasteiger partial charge on any atom is -0.497 e. The van der Waals surface area contributed by atoms with E-state index in [0.29, 0.717) is 22.3 Å². The molecule has 0 saturated carbocycles. The van der Waals surface area contributed by atoms with Gasteiger partial charge in [0.1, 0.15) is 11.6 Å². The van der Waals surface area contributed by atoms with Crippen LogP contribution >= 0.6 is 11.8 Å². The van der Waals surface area contributed by atoms with Gasteiger partial charge >= 0.3 is 0 Å². The van der Waals surface area contributed by atoms with Crippen molar-refractivity contribution in [3.05, 3.63) is 76.1 Å². The summed E-state index contributed by atoms with van der Waals surface area (Å²) in [7, 11) is 1.53. The van der Waals surface area contributed by atoms with E-state index in [0.717, 1.165) is 5.56 Å². The van der Waals surface area contributed by atoms with E-state index < -0.39 is 17.4 Å². The Kier molecular flexibility index (Phi) is 6.03. The van der Waals surface area contributed by atoms with Gasteiger partial charge in [0, 0.05) is 23.9 Å². The van der Waals surface area contributed by atoms with E-state index in [1.54, 1.807) is 24.3 Å². The molecule has 158 valence electrons. The number of ether oxygens (including phenoxy) is 1. The van der Waals surface area contributed by atoms with Crippen molar-refractivity contribution >= 4 is 35.1 Å². The van der Waals surface area contributed by atoms with Crippen molar-refractivity contribution in [2.24, 2.45) is 0 Å². The topological polar surface area (TPSA) is 113 Å². The van der Waals surface area contributed by atoms with Crippen molar-refractivity contribution in [2.75, 3.05) is 17.7 Å². The summed E-state index contributed by atoms with van der Waals surface area (Å²) in [6.45, 7) is 0. The summed E-state index contributed by atoms with van der Waals surface area (Å²) in [6.07, 6.45) is -0.135. The minimum absolute atomic E-state index is 0.126. The molecule has 8 nitrogen and oxygen atoms in total. The Bertz CT molecular complexity index is 1180. The molecule has 2 aromatic carbocycles. The zero-order chi connectivity index (χ0) is 21.8. The van der Waals surface area contributed by atoms with Crippen LogP contribution in [-0.4, -0.2) is 28.9 Å². The van der Waals surface area contributed by atoms with Crippen molar-refractivity contribution in [1.29, 1.82) is 0 Å². The summed E-state index contributed by atoms with van der Waals surface area (Å²) in [4.78, 5) is 45.1. The Morgan fingerprint density at radius 3 is 2.77 bits per heavy atom.